The van der Waals surface area contributed by atoms with Crippen LogP contribution in [-0.2, 0) is 14.0 Å². The molecule has 1 saturated heterocycles. The highest BCUT2D eigenvalue weighted by Gasteiger charge is 2.51. The average Bonchev–Trinajstić information content (AvgIpc) is 2.68. The summed E-state index contributed by atoms with van der Waals surface area (Å²) in [5.74, 6) is 0.852. The van der Waals surface area contributed by atoms with Crippen LogP contribution in [0.3, 0.4) is 0 Å². The average molecular weight is 306 g/mol. The highest BCUT2D eigenvalue weighted by Crippen LogP contribution is 2.36. The predicted octanol–water partition coefficient (Wildman–Crippen LogP) is 2.79. The standard InChI is InChI=1S/C17H27BO4/c1-16(2)17(3,4)22-18(21-16)14-9-8-10-15(13-14)20-12-7-6-11-19-5/h8-10,13H,6-7,11-12H2,1-5H3. The number of hydrogen-bond donors (Lipinski definition) is 0. The van der Waals surface area contributed by atoms with Crippen LogP contribution in [0.25, 0.3) is 0 Å². The second-order valence-corrected chi connectivity index (χ2v) is 6.71. The number of hydrogen-bond acceptors (Lipinski definition) is 4. The van der Waals surface area contributed by atoms with E-state index in [-0.39, 0.29) is 18.3 Å². The molecule has 4 nitrogen and oxygen atoms in total. The van der Waals surface area contributed by atoms with Gasteiger partial charge in [-0.25, -0.2) is 0 Å². The maximum atomic E-state index is 6.07. The molecule has 1 heterocycles. The number of unbranched alkanes of at least 4 members (excludes halogenated alkanes) is 1. The molecule has 5 heteroatoms. The zero-order chi connectivity index (χ0) is 16.2. The Morgan fingerprint density at radius 1 is 1.00 bits per heavy atom. The van der Waals surface area contributed by atoms with Gasteiger partial charge in [0.1, 0.15) is 5.75 Å². The third-order valence-electron chi connectivity index (χ3n) is 4.40. The van der Waals surface area contributed by atoms with Gasteiger partial charge in [0.05, 0.1) is 17.8 Å². The van der Waals surface area contributed by atoms with Crippen molar-refractivity contribution < 1.29 is 18.8 Å². The van der Waals surface area contributed by atoms with Crippen LogP contribution in [0.15, 0.2) is 24.3 Å². The molecule has 1 aromatic carbocycles. The fourth-order valence-electron chi connectivity index (χ4n) is 2.27. The van der Waals surface area contributed by atoms with E-state index in [1.165, 1.54) is 0 Å². The Kier molecular flexibility index (Phi) is 5.53. The first-order valence-electron chi connectivity index (χ1n) is 7.93. The fourth-order valence-corrected chi connectivity index (χ4v) is 2.27. The molecular formula is C17H27BO4. The topological polar surface area (TPSA) is 36.9 Å². The molecule has 122 valence electrons. The molecule has 0 radical (unpaired) electrons. The summed E-state index contributed by atoms with van der Waals surface area (Å²) in [6.07, 6.45) is 1.99. The predicted molar refractivity (Wildman–Crippen MR) is 88.8 cm³/mol. The summed E-state index contributed by atoms with van der Waals surface area (Å²) in [5.41, 5.74) is 0.344. The monoisotopic (exact) mass is 306 g/mol. The van der Waals surface area contributed by atoms with Crippen LogP contribution in [0.4, 0.5) is 0 Å². The normalized spacial score (nSPS) is 19.4. The van der Waals surface area contributed by atoms with Crippen molar-refractivity contribution in [1.29, 1.82) is 0 Å². The maximum Gasteiger partial charge on any atom is 0.494 e. The van der Waals surface area contributed by atoms with E-state index in [1.807, 2.05) is 24.3 Å². The summed E-state index contributed by atoms with van der Waals surface area (Å²) in [5, 5.41) is 0. The summed E-state index contributed by atoms with van der Waals surface area (Å²) >= 11 is 0. The quantitative estimate of drug-likeness (QED) is 0.573. The van der Waals surface area contributed by atoms with Crippen molar-refractivity contribution in [3.8, 4) is 5.75 Å². The van der Waals surface area contributed by atoms with Crippen molar-refractivity contribution in [2.75, 3.05) is 20.3 Å². The summed E-state index contributed by atoms with van der Waals surface area (Å²) < 4.78 is 23.0. The van der Waals surface area contributed by atoms with Crippen molar-refractivity contribution in [1.82, 2.24) is 0 Å². The van der Waals surface area contributed by atoms with E-state index in [0.29, 0.717) is 6.61 Å². The van der Waals surface area contributed by atoms with Gasteiger partial charge in [-0.1, -0.05) is 12.1 Å². The molecule has 2 rings (SSSR count). The molecule has 1 aromatic rings. The van der Waals surface area contributed by atoms with Gasteiger partial charge in [-0.15, -0.1) is 0 Å². The molecule has 0 amide bonds. The van der Waals surface area contributed by atoms with E-state index in [4.69, 9.17) is 18.8 Å². The van der Waals surface area contributed by atoms with Crippen LogP contribution in [0.5, 0.6) is 5.75 Å². The molecule has 0 spiro atoms. The maximum absolute atomic E-state index is 6.07. The zero-order valence-electron chi connectivity index (χ0n) is 14.3. The van der Waals surface area contributed by atoms with Gasteiger partial charge in [0.2, 0.25) is 0 Å². The number of methoxy groups -OCH3 is 1. The molecule has 0 N–H and O–H groups in total. The third-order valence-corrected chi connectivity index (χ3v) is 4.40. The van der Waals surface area contributed by atoms with Crippen molar-refractivity contribution in [3.63, 3.8) is 0 Å². The van der Waals surface area contributed by atoms with Crippen LogP contribution in [0, 0.1) is 0 Å². The Balaban J connectivity index is 1.95. The van der Waals surface area contributed by atoms with Gasteiger partial charge in [0.15, 0.2) is 0 Å². The Morgan fingerprint density at radius 3 is 2.27 bits per heavy atom. The molecule has 0 atom stereocenters. The molecule has 0 unspecified atom stereocenters. The summed E-state index contributed by atoms with van der Waals surface area (Å²) in [6, 6.07) is 7.95. The lowest BCUT2D eigenvalue weighted by Crippen LogP contribution is -2.41. The first-order valence-corrected chi connectivity index (χ1v) is 7.93. The van der Waals surface area contributed by atoms with Gasteiger partial charge in [-0.2, -0.15) is 0 Å². The number of benzene rings is 1. The minimum Gasteiger partial charge on any atom is -0.494 e. The Morgan fingerprint density at radius 2 is 1.64 bits per heavy atom. The Labute approximate surface area is 134 Å². The number of ether oxygens (including phenoxy) is 2. The van der Waals surface area contributed by atoms with Crippen molar-refractivity contribution >= 4 is 12.6 Å². The largest absolute Gasteiger partial charge is 0.494 e. The van der Waals surface area contributed by atoms with Crippen molar-refractivity contribution in [3.05, 3.63) is 24.3 Å². The highest BCUT2D eigenvalue weighted by molar-refractivity contribution is 6.62. The number of rotatable bonds is 7. The smallest absolute Gasteiger partial charge is 0.494 e. The van der Waals surface area contributed by atoms with Crippen molar-refractivity contribution in [2.24, 2.45) is 0 Å². The molecule has 0 aliphatic carbocycles. The second-order valence-electron chi connectivity index (χ2n) is 6.71. The van der Waals surface area contributed by atoms with Gasteiger partial charge in [0.25, 0.3) is 0 Å². The van der Waals surface area contributed by atoms with E-state index in [2.05, 4.69) is 27.7 Å². The Bertz CT molecular complexity index is 471. The fraction of sp³-hybridized carbons (Fsp3) is 0.647. The van der Waals surface area contributed by atoms with Crippen LogP contribution in [0.1, 0.15) is 40.5 Å². The summed E-state index contributed by atoms with van der Waals surface area (Å²) in [6.45, 7) is 9.70. The van der Waals surface area contributed by atoms with Crippen LogP contribution in [-0.4, -0.2) is 38.6 Å². The van der Waals surface area contributed by atoms with Gasteiger partial charge >= 0.3 is 7.12 Å². The van der Waals surface area contributed by atoms with E-state index in [9.17, 15) is 0 Å². The second kappa shape index (κ2) is 7.03. The first kappa shape index (κ1) is 17.3. The SMILES string of the molecule is COCCCCOc1cccc(B2OC(C)(C)C(C)(C)O2)c1. The van der Waals surface area contributed by atoms with Crippen molar-refractivity contribution in [2.45, 2.75) is 51.7 Å². The molecule has 0 saturated carbocycles. The van der Waals surface area contributed by atoms with Crippen LogP contribution in [0.2, 0.25) is 0 Å². The molecule has 1 aliphatic heterocycles. The summed E-state index contributed by atoms with van der Waals surface area (Å²) in [7, 11) is 1.37. The molecule has 22 heavy (non-hydrogen) atoms. The van der Waals surface area contributed by atoms with E-state index in [0.717, 1.165) is 30.7 Å². The molecule has 0 bridgehead atoms. The minimum atomic E-state index is -0.345. The molecule has 1 aliphatic rings. The lowest BCUT2D eigenvalue weighted by atomic mass is 9.79. The van der Waals surface area contributed by atoms with Gasteiger partial charge < -0.3 is 18.8 Å². The van der Waals surface area contributed by atoms with Gasteiger partial charge in [-0.3, -0.25) is 0 Å². The minimum absolute atomic E-state index is 0.325. The van der Waals surface area contributed by atoms with Crippen LogP contribution >= 0.6 is 0 Å². The van der Waals surface area contributed by atoms with E-state index in [1.54, 1.807) is 7.11 Å². The van der Waals surface area contributed by atoms with Gasteiger partial charge in [-0.05, 0) is 58.1 Å². The van der Waals surface area contributed by atoms with E-state index < -0.39 is 0 Å². The zero-order valence-corrected chi connectivity index (χ0v) is 14.3. The van der Waals surface area contributed by atoms with E-state index >= 15 is 0 Å². The molecule has 1 fully saturated rings. The highest BCUT2D eigenvalue weighted by atomic mass is 16.7. The summed E-state index contributed by atoms with van der Waals surface area (Å²) in [4.78, 5) is 0. The Hall–Kier alpha value is -1.04. The lowest BCUT2D eigenvalue weighted by Gasteiger charge is -2.32. The molecule has 0 aromatic heterocycles. The first-order chi connectivity index (χ1) is 10.4. The van der Waals surface area contributed by atoms with Crippen LogP contribution < -0.4 is 10.2 Å². The van der Waals surface area contributed by atoms with Gasteiger partial charge in [0, 0.05) is 13.7 Å². The molecular weight excluding hydrogens is 279 g/mol. The lowest BCUT2D eigenvalue weighted by molar-refractivity contribution is 0.00578. The third kappa shape index (κ3) is 4.03.